The predicted octanol–water partition coefficient (Wildman–Crippen LogP) is 2.44. The molecule has 3 nitrogen and oxygen atoms in total. The third-order valence-corrected chi connectivity index (χ3v) is 3.32. The number of nitrogens with zero attached hydrogens (tertiary/aromatic N) is 1. The van der Waals surface area contributed by atoms with Crippen molar-refractivity contribution >= 4 is 11.4 Å². The highest BCUT2D eigenvalue weighted by Crippen LogP contribution is 2.28. The summed E-state index contributed by atoms with van der Waals surface area (Å²) >= 11 is 0. The molecule has 1 fully saturated rings. The Labute approximate surface area is 104 Å². The van der Waals surface area contributed by atoms with Gasteiger partial charge in [0.1, 0.15) is 0 Å². The zero-order valence-corrected chi connectivity index (χ0v) is 10.8. The summed E-state index contributed by atoms with van der Waals surface area (Å²) < 4.78 is 5.64. The average Bonchev–Trinajstić information content (AvgIpc) is 3.12. The minimum atomic E-state index is 0.802. The lowest BCUT2D eigenvalue weighted by atomic mass is 10.2. The van der Waals surface area contributed by atoms with Crippen LogP contribution >= 0.6 is 0 Å². The molecule has 17 heavy (non-hydrogen) atoms. The lowest BCUT2D eigenvalue weighted by molar-refractivity contribution is 0.131. The Hall–Kier alpha value is -1.22. The summed E-state index contributed by atoms with van der Waals surface area (Å²) in [5.74, 6) is 0.846. The van der Waals surface area contributed by atoms with Gasteiger partial charge in [0.15, 0.2) is 0 Å². The maximum Gasteiger partial charge on any atom is 0.0641 e. The number of hydrogen-bond acceptors (Lipinski definition) is 3. The number of aryl methyl sites for hydroxylation is 1. The Morgan fingerprint density at radius 2 is 2.18 bits per heavy atom. The van der Waals surface area contributed by atoms with E-state index in [4.69, 9.17) is 10.5 Å². The van der Waals surface area contributed by atoms with E-state index in [9.17, 15) is 0 Å². The number of nitrogen functional groups attached to an aromatic ring is 1. The van der Waals surface area contributed by atoms with Crippen LogP contribution in [0, 0.1) is 12.8 Å². The molecule has 0 bridgehead atoms. The van der Waals surface area contributed by atoms with Crippen molar-refractivity contribution in [2.24, 2.45) is 5.92 Å². The standard InChI is InChI=1S/C14H22N2O/c1-11-9-13(5-6-14(11)15)16(2)7-8-17-10-12-3-4-12/h5-6,9,12H,3-4,7-8,10,15H2,1-2H3. The minimum Gasteiger partial charge on any atom is -0.399 e. The fourth-order valence-corrected chi connectivity index (χ4v) is 1.76. The third kappa shape index (κ3) is 3.63. The summed E-state index contributed by atoms with van der Waals surface area (Å²) in [5, 5.41) is 0. The van der Waals surface area contributed by atoms with Crippen LogP contribution in [0.1, 0.15) is 18.4 Å². The zero-order chi connectivity index (χ0) is 12.3. The number of benzene rings is 1. The van der Waals surface area contributed by atoms with Gasteiger partial charge < -0.3 is 15.4 Å². The van der Waals surface area contributed by atoms with Gasteiger partial charge in [-0.3, -0.25) is 0 Å². The van der Waals surface area contributed by atoms with Crippen LogP contribution in [0.4, 0.5) is 11.4 Å². The molecule has 2 N–H and O–H groups in total. The van der Waals surface area contributed by atoms with Crippen LogP contribution in [0.2, 0.25) is 0 Å². The van der Waals surface area contributed by atoms with Gasteiger partial charge >= 0.3 is 0 Å². The van der Waals surface area contributed by atoms with Gasteiger partial charge in [-0.25, -0.2) is 0 Å². The SMILES string of the molecule is Cc1cc(N(C)CCOCC2CC2)ccc1N. The number of hydrogen-bond donors (Lipinski definition) is 1. The molecule has 0 aromatic heterocycles. The first-order chi connectivity index (χ1) is 8.16. The monoisotopic (exact) mass is 234 g/mol. The molecule has 1 aromatic rings. The molecule has 0 spiro atoms. The van der Waals surface area contributed by atoms with Crippen molar-refractivity contribution in [2.75, 3.05) is 37.4 Å². The molecule has 0 amide bonds. The summed E-state index contributed by atoms with van der Waals surface area (Å²) in [6.45, 7) is 4.71. The highest BCUT2D eigenvalue weighted by atomic mass is 16.5. The first-order valence-electron chi connectivity index (χ1n) is 6.32. The second-order valence-electron chi connectivity index (χ2n) is 4.98. The van der Waals surface area contributed by atoms with Crippen LogP contribution < -0.4 is 10.6 Å². The fourth-order valence-electron chi connectivity index (χ4n) is 1.76. The van der Waals surface area contributed by atoms with Gasteiger partial charge in [0.25, 0.3) is 0 Å². The van der Waals surface area contributed by atoms with E-state index >= 15 is 0 Å². The first-order valence-corrected chi connectivity index (χ1v) is 6.32. The van der Waals surface area contributed by atoms with Crippen molar-refractivity contribution in [3.8, 4) is 0 Å². The zero-order valence-electron chi connectivity index (χ0n) is 10.8. The predicted molar refractivity (Wildman–Crippen MR) is 72.4 cm³/mol. The molecule has 94 valence electrons. The number of anilines is 2. The van der Waals surface area contributed by atoms with E-state index in [1.54, 1.807) is 0 Å². The maximum absolute atomic E-state index is 5.81. The van der Waals surface area contributed by atoms with Crippen LogP contribution in [0.5, 0.6) is 0 Å². The summed E-state index contributed by atoms with van der Waals surface area (Å²) in [5.41, 5.74) is 8.99. The molecule has 1 aliphatic rings. The number of rotatable bonds is 6. The maximum atomic E-state index is 5.81. The number of ether oxygens (including phenoxy) is 1. The number of likely N-dealkylation sites (N-methyl/N-ethyl adjacent to an activating group) is 1. The van der Waals surface area contributed by atoms with Crippen molar-refractivity contribution in [1.29, 1.82) is 0 Å². The molecule has 1 aliphatic carbocycles. The molecule has 1 aromatic carbocycles. The van der Waals surface area contributed by atoms with Crippen molar-refractivity contribution in [3.63, 3.8) is 0 Å². The normalized spacial score (nSPS) is 14.9. The molecule has 3 heteroatoms. The van der Waals surface area contributed by atoms with E-state index < -0.39 is 0 Å². The molecule has 0 radical (unpaired) electrons. The molecule has 0 atom stereocenters. The van der Waals surface area contributed by atoms with Gasteiger partial charge in [0, 0.05) is 31.6 Å². The topological polar surface area (TPSA) is 38.5 Å². The van der Waals surface area contributed by atoms with Crippen molar-refractivity contribution in [3.05, 3.63) is 23.8 Å². The molecule has 2 rings (SSSR count). The minimum absolute atomic E-state index is 0.802. The summed E-state index contributed by atoms with van der Waals surface area (Å²) in [4.78, 5) is 2.21. The van der Waals surface area contributed by atoms with Crippen LogP contribution in [0.25, 0.3) is 0 Å². The van der Waals surface area contributed by atoms with Gasteiger partial charge in [-0.15, -0.1) is 0 Å². The Balaban J connectivity index is 1.76. The highest BCUT2D eigenvalue weighted by molar-refractivity contribution is 5.57. The second-order valence-corrected chi connectivity index (χ2v) is 4.98. The van der Waals surface area contributed by atoms with E-state index in [1.165, 1.54) is 18.5 Å². The van der Waals surface area contributed by atoms with Crippen molar-refractivity contribution in [2.45, 2.75) is 19.8 Å². The molecule has 0 heterocycles. The Morgan fingerprint density at radius 1 is 1.41 bits per heavy atom. The van der Waals surface area contributed by atoms with Gasteiger partial charge in [-0.1, -0.05) is 0 Å². The Kier molecular flexibility index (Phi) is 3.89. The van der Waals surface area contributed by atoms with Gasteiger partial charge in [0.2, 0.25) is 0 Å². The lowest BCUT2D eigenvalue weighted by Gasteiger charge is -2.20. The molecule has 0 saturated heterocycles. The second kappa shape index (κ2) is 5.41. The quantitative estimate of drug-likeness (QED) is 0.607. The van der Waals surface area contributed by atoms with E-state index in [1.807, 2.05) is 13.0 Å². The van der Waals surface area contributed by atoms with Crippen LogP contribution in [0.3, 0.4) is 0 Å². The summed E-state index contributed by atoms with van der Waals surface area (Å²) in [7, 11) is 2.09. The van der Waals surface area contributed by atoms with Gasteiger partial charge in [0.05, 0.1) is 6.61 Å². The molecule has 1 saturated carbocycles. The Morgan fingerprint density at radius 3 is 2.82 bits per heavy atom. The Bertz CT molecular complexity index is 374. The van der Waals surface area contributed by atoms with Crippen LogP contribution in [-0.2, 0) is 4.74 Å². The molecular weight excluding hydrogens is 212 g/mol. The molecule has 0 unspecified atom stereocenters. The smallest absolute Gasteiger partial charge is 0.0641 e. The average molecular weight is 234 g/mol. The highest BCUT2D eigenvalue weighted by Gasteiger charge is 2.20. The third-order valence-electron chi connectivity index (χ3n) is 3.32. The largest absolute Gasteiger partial charge is 0.399 e. The first kappa shape index (κ1) is 12.2. The van der Waals surface area contributed by atoms with E-state index in [-0.39, 0.29) is 0 Å². The van der Waals surface area contributed by atoms with Crippen LogP contribution in [-0.4, -0.2) is 26.8 Å². The molecular formula is C14H22N2O. The van der Waals surface area contributed by atoms with Gasteiger partial charge in [-0.2, -0.15) is 0 Å². The summed E-state index contributed by atoms with van der Waals surface area (Å²) in [6, 6.07) is 6.14. The molecule has 0 aliphatic heterocycles. The van der Waals surface area contributed by atoms with Crippen molar-refractivity contribution < 1.29 is 4.74 Å². The fraction of sp³-hybridized carbons (Fsp3) is 0.571. The lowest BCUT2D eigenvalue weighted by Crippen LogP contribution is -2.23. The van der Waals surface area contributed by atoms with E-state index in [0.717, 1.165) is 36.9 Å². The number of nitrogens with two attached hydrogens (primary N) is 1. The van der Waals surface area contributed by atoms with Crippen molar-refractivity contribution in [1.82, 2.24) is 0 Å². The van der Waals surface area contributed by atoms with Gasteiger partial charge in [-0.05, 0) is 49.4 Å². The van der Waals surface area contributed by atoms with Crippen LogP contribution in [0.15, 0.2) is 18.2 Å². The summed E-state index contributed by atoms with van der Waals surface area (Å²) in [6.07, 6.45) is 2.71. The van der Waals surface area contributed by atoms with E-state index in [2.05, 4.69) is 24.1 Å². The van der Waals surface area contributed by atoms with E-state index in [0.29, 0.717) is 0 Å².